The first-order valence-corrected chi connectivity index (χ1v) is 7.25. The number of aromatic nitrogens is 2. The molecule has 0 aliphatic heterocycles. The molecule has 0 fully saturated rings. The van der Waals surface area contributed by atoms with Gasteiger partial charge >= 0.3 is 6.03 Å². The summed E-state index contributed by atoms with van der Waals surface area (Å²) < 4.78 is 0. The largest absolute Gasteiger partial charge is 0.334 e. The quantitative estimate of drug-likeness (QED) is 0.910. The van der Waals surface area contributed by atoms with Crippen molar-refractivity contribution in [3.8, 4) is 0 Å². The molecule has 0 saturated carbocycles. The van der Waals surface area contributed by atoms with Crippen molar-refractivity contribution in [3.63, 3.8) is 0 Å². The maximum Gasteiger partial charge on any atom is 0.315 e. The second-order valence-electron chi connectivity index (χ2n) is 4.59. The topological polar surface area (TPSA) is 66.9 Å². The molecule has 106 valence electrons. The number of carbonyl (C=O) groups excluding carboxylic acids is 1. The van der Waals surface area contributed by atoms with Crippen LogP contribution in [0.25, 0.3) is 0 Å². The fourth-order valence-electron chi connectivity index (χ4n) is 1.95. The molecule has 20 heavy (non-hydrogen) atoms. The highest BCUT2D eigenvalue weighted by atomic mass is 32.1. The van der Waals surface area contributed by atoms with Gasteiger partial charge in [0.05, 0.1) is 16.7 Å². The zero-order chi connectivity index (χ0) is 14.5. The molecule has 6 heteroatoms. The molecule has 0 spiro atoms. The zero-order valence-corrected chi connectivity index (χ0v) is 12.6. The Hall–Kier alpha value is -1.95. The van der Waals surface area contributed by atoms with Gasteiger partial charge in [0.1, 0.15) is 0 Å². The second kappa shape index (κ2) is 6.47. The van der Waals surface area contributed by atoms with Gasteiger partial charge in [-0.2, -0.15) is 0 Å². The third-order valence-electron chi connectivity index (χ3n) is 2.86. The lowest BCUT2D eigenvalue weighted by atomic mass is 10.2. The van der Waals surface area contributed by atoms with E-state index in [0.29, 0.717) is 6.54 Å². The Morgan fingerprint density at radius 3 is 2.85 bits per heavy atom. The van der Waals surface area contributed by atoms with Crippen LogP contribution in [0, 0.1) is 13.8 Å². The minimum absolute atomic E-state index is 0.0462. The van der Waals surface area contributed by atoms with Crippen molar-refractivity contribution in [2.45, 2.75) is 33.4 Å². The van der Waals surface area contributed by atoms with E-state index in [1.807, 2.05) is 32.9 Å². The number of nitrogens with one attached hydrogen (secondary N) is 2. The lowest BCUT2D eigenvalue weighted by Gasteiger charge is -2.13. The highest BCUT2D eigenvalue weighted by molar-refractivity contribution is 7.11. The normalized spacial score (nSPS) is 11.9. The van der Waals surface area contributed by atoms with E-state index in [1.165, 1.54) is 0 Å². The molecule has 0 aromatic carbocycles. The van der Waals surface area contributed by atoms with Crippen LogP contribution < -0.4 is 10.6 Å². The highest BCUT2D eigenvalue weighted by Gasteiger charge is 2.14. The third-order valence-corrected chi connectivity index (χ3v) is 4.11. The van der Waals surface area contributed by atoms with Gasteiger partial charge in [0.25, 0.3) is 0 Å². The monoisotopic (exact) mass is 290 g/mol. The summed E-state index contributed by atoms with van der Waals surface area (Å²) in [6, 6.07) is 3.54. The number of urea groups is 1. The molecule has 2 N–H and O–H groups in total. The number of aryl methyl sites for hydroxylation is 2. The number of thiazole rings is 1. The van der Waals surface area contributed by atoms with E-state index in [2.05, 4.69) is 20.6 Å². The molecule has 0 aliphatic rings. The van der Waals surface area contributed by atoms with Gasteiger partial charge in [-0.3, -0.25) is 4.98 Å². The predicted molar refractivity (Wildman–Crippen MR) is 79.6 cm³/mol. The summed E-state index contributed by atoms with van der Waals surface area (Å²) in [5.41, 5.74) is 1.95. The van der Waals surface area contributed by atoms with Crippen molar-refractivity contribution >= 4 is 17.4 Å². The molecule has 2 rings (SSSR count). The molecule has 0 unspecified atom stereocenters. The fraction of sp³-hybridized carbons (Fsp3) is 0.357. The maximum atomic E-state index is 11.9. The number of rotatable bonds is 4. The average molecular weight is 290 g/mol. The summed E-state index contributed by atoms with van der Waals surface area (Å²) in [7, 11) is 0. The standard InChI is InChI=1S/C14H18N4OS/c1-9-13(20-11(3)17-9)10(2)18-14(19)16-8-12-5-4-6-15-7-12/h4-7,10H,8H2,1-3H3,(H2,16,18,19)/t10-/m0/s1. The van der Waals surface area contributed by atoms with E-state index in [-0.39, 0.29) is 12.1 Å². The first-order valence-electron chi connectivity index (χ1n) is 6.43. The lowest BCUT2D eigenvalue weighted by Crippen LogP contribution is -2.36. The molecule has 2 amide bonds. The van der Waals surface area contributed by atoms with Crippen LogP contribution >= 0.6 is 11.3 Å². The summed E-state index contributed by atoms with van der Waals surface area (Å²) >= 11 is 1.62. The summed E-state index contributed by atoms with van der Waals surface area (Å²) in [4.78, 5) is 21.3. The van der Waals surface area contributed by atoms with Gasteiger partial charge in [0.15, 0.2) is 0 Å². The Kier molecular flexibility index (Phi) is 4.68. The van der Waals surface area contributed by atoms with Gasteiger partial charge in [-0.15, -0.1) is 11.3 Å². The van der Waals surface area contributed by atoms with E-state index < -0.39 is 0 Å². The van der Waals surface area contributed by atoms with Crippen LogP contribution in [-0.2, 0) is 6.54 Å². The van der Waals surface area contributed by atoms with Crippen molar-refractivity contribution in [2.24, 2.45) is 0 Å². The molecule has 0 saturated heterocycles. The number of hydrogen-bond donors (Lipinski definition) is 2. The number of carbonyl (C=O) groups is 1. The molecule has 2 aromatic rings. The SMILES string of the molecule is Cc1nc(C)c([C@H](C)NC(=O)NCc2cccnc2)s1. The highest BCUT2D eigenvalue weighted by Crippen LogP contribution is 2.24. The van der Waals surface area contributed by atoms with Gasteiger partial charge in [-0.1, -0.05) is 6.07 Å². The van der Waals surface area contributed by atoms with Crippen LogP contribution in [0.4, 0.5) is 4.79 Å². The smallest absolute Gasteiger partial charge is 0.315 e. The van der Waals surface area contributed by atoms with Crippen LogP contribution in [0.15, 0.2) is 24.5 Å². The van der Waals surface area contributed by atoms with Crippen LogP contribution in [0.2, 0.25) is 0 Å². The number of amides is 2. The van der Waals surface area contributed by atoms with Gasteiger partial charge < -0.3 is 10.6 Å². The van der Waals surface area contributed by atoms with E-state index in [0.717, 1.165) is 21.1 Å². The lowest BCUT2D eigenvalue weighted by molar-refractivity contribution is 0.237. The minimum Gasteiger partial charge on any atom is -0.334 e. The molecule has 0 aliphatic carbocycles. The van der Waals surface area contributed by atoms with Gasteiger partial charge in [0.2, 0.25) is 0 Å². The molecule has 0 bridgehead atoms. The average Bonchev–Trinajstić information content (AvgIpc) is 2.77. The zero-order valence-electron chi connectivity index (χ0n) is 11.8. The van der Waals surface area contributed by atoms with Crippen LogP contribution in [-0.4, -0.2) is 16.0 Å². The van der Waals surface area contributed by atoms with E-state index in [9.17, 15) is 4.79 Å². The van der Waals surface area contributed by atoms with E-state index in [1.54, 1.807) is 23.7 Å². The molecule has 0 radical (unpaired) electrons. The molecule has 5 nitrogen and oxygen atoms in total. The summed E-state index contributed by atoms with van der Waals surface area (Å²) in [6.45, 7) is 6.36. The van der Waals surface area contributed by atoms with Crippen LogP contribution in [0.3, 0.4) is 0 Å². The van der Waals surface area contributed by atoms with Gasteiger partial charge in [-0.05, 0) is 32.4 Å². The Morgan fingerprint density at radius 1 is 1.45 bits per heavy atom. The molecule has 1 atom stereocenters. The van der Waals surface area contributed by atoms with Crippen molar-refractivity contribution < 1.29 is 4.79 Å². The van der Waals surface area contributed by atoms with Gasteiger partial charge in [0, 0.05) is 23.8 Å². The van der Waals surface area contributed by atoms with Crippen LogP contribution in [0.5, 0.6) is 0 Å². The summed E-state index contributed by atoms with van der Waals surface area (Å²) in [5.74, 6) is 0. The number of hydrogen-bond acceptors (Lipinski definition) is 4. The maximum absolute atomic E-state index is 11.9. The number of pyridine rings is 1. The Bertz CT molecular complexity index is 582. The van der Waals surface area contributed by atoms with Crippen molar-refractivity contribution in [1.29, 1.82) is 0 Å². The first-order chi connectivity index (χ1) is 9.56. The number of nitrogens with zero attached hydrogens (tertiary/aromatic N) is 2. The van der Waals surface area contributed by atoms with E-state index in [4.69, 9.17) is 0 Å². The molecule has 2 aromatic heterocycles. The van der Waals surface area contributed by atoms with Crippen molar-refractivity contribution in [2.75, 3.05) is 0 Å². The molecular weight excluding hydrogens is 272 g/mol. The molecule has 2 heterocycles. The van der Waals surface area contributed by atoms with Crippen molar-refractivity contribution in [3.05, 3.63) is 45.7 Å². The Labute approximate surface area is 122 Å². The Morgan fingerprint density at radius 2 is 2.25 bits per heavy atom. The first kappa shape index (κ1) is 14.5. The minimum atomic E-state index is -0.188. The molecular formula is C14H18N4OS. The predicted octanol–water partition coefficient (Wildman–Crippen LogP) is 2.72. The second-order valence-corrected chi connectivity index (χ2v) is 5.83. The van der Waals surface area contributed by atoms with Crippen molar-refractivity contribution in [1.82, 2.24) is 20.6 Å². The summed E-state index contributed by atoms with van der Waals surface area (Å²) in [6.07, 6.45) is 3.45. The third kappa shape index (κ3) is 3.77. The van der Waals surface area contributed by atoms with Crippen LogP contribution in [0.1, 0.15) is 34.1 Å². The Balaban J connectivity index is 1.87. The summed E-state index contributed by atoms with van der Waals surface area (Å²) in [5, 5.41) is 6.76. The van der Waals surface area contributed by atoms with E-state index >= 15 is 0 Å². The fourth-order valence-corrected chi connectivity index (χ4v) is 2.88. The van der Waals surface area contributed by atoms with Gasteiger partial charge in [-0.25, -0.2) is 9.78 Å².